The molecule has 0 aliphatic heterocycles. The molecule has 2 aliphatic carbocycles. The van der Waals surface area contributed by atoms with Gasteiger partial charge < -0.3 is 10.6 Å². The quantitative estimate of drug-likeness (QED) is 0.460. The van der Waals surface area contributed by atoms with Crippen LogP contribution in [0, 0.1) is 0 Å². The minimum absolute atomic E-state index is 0.0791. The summed E-state index contributed by atoms with van der Waals surface area (Å²) in [5, 5.41) is 11.6. The maximum atomic E-state index is 13.4. The van der Waals surface area contributed by atoms with E-state index in [9.17, 15) is 18.0 Å². The average Bonchev–Trinajstić information content (AvgIpc) is 3.22. The number of nitrogens with zero attached hydrogens (tertiary/aromatic N) is 3. The van der Waals surface area contributed by atoms with Crippen LogP contribution >= 0.6 is 11.6 Å². The highest BCUT2D eigenvalue weighted by Gasteiger charge is 2.34. The Balaban J connectivity index is 1.30. The van der Waals surface area contributed by atoms with E-state index in [4.69, 9.17) is 11.6 Å². The summed E-state index contributed by atoms with van der Waals surface area (Å²) in [5.41, 5.74) is 0.157. The van der Waals surface area contributed by atoms with E-state index in [-0.39, 0.29) is 23.5 Å². The maximum absolute atomic E-state index is 13.4. The fourth-order valence-electron chi connectivity index (χ4n) is 4.71. The number of carbonyl (C=O) groups excluding carboxylic acids is 1. The molecule has 180 valence electrons. The van der Waals surface area contributed by atoms with Crippen molar-refractivity contribution in [2.45, 2.75) is 69.2 Å². The van der Waals surface area contributed by atoms with E-state index in [1.54, 1.807) is 18.5 Å². The van der Waals surface area contributed by atoms with Crippen LogP contribution in [0.1, 0.15) is 67.0 Å². The lowest BCUT2D eigenvalue weighted by Gasteiger charge is -2.31. The zero-order valence-electron chi connectivity index (χ0n) is 18.4. The van der Waals surface area contributed by atoms with E-state index >= 15 is 0 Å². The second kappa shape index (κ2) is 9.09. The first-order valence-corrected chi connectivity index (χ1v) is 11.9. The van der Waals surface area contributed by atoms with Crippen LogP contribution in [0.25, 0.3) is 10.9 Å². The molecule has 0 unspecified atom stereocenters. The molecular formula is C24H25ClF3N5O. The molecule has 5 rings (SSSR count). The molecule has 0 saturated heterocycles. The molecule has 2 atom stereocenters. The summed E-state index contributed by atoms with van der Waals surface area (Å²) in [6, 6.07) is 5.89. The number of hydrogen-bond donors (Lipinski definition) is 2. The molecule has 1 aromatic carbocycles. The van der Waals surface area contributed by atoms with Gasteiger partial charge in [-0.25, -0.2) is 4.98 Å². The van der Waals surface area contributed by atoms with Crippen molar-refractivity contribution in [1.29, 1.82) is 0 Å². The Bertz CT molecular complexity index is 1210. The van der Waals surface area contributed by atoms with Crippen LogP contribution in [0.4, 0.5) is 18.9 Å². The van der Waals surface area contributed by atoms with Gasteiger partial charge in [0.15, 0.2) is 0 Å². The Morgan fingerprint density at radius 1 is 1.09 bits per heavy atom. The van der Waals surface area contributed by atoms with Gasteiger partial charge in [0.2, 0.25) is 0 Å². The molecule has 2 heterocycles. The van der Waals surface area contributed by atoms with Crippen molar-refractivity contribution >= 4 is 34.1 Å². The van der Waals surface area contributed by atoms with Crippen LogP contribution in [-0.2, 0) is 6.18 Å². The summed E-state index contributed by atoms with van der Waals surface area (Å²) >= 11 is 6.10. The normalized spacial score (nSPS) is 21.3. The highest BCUT2D eigenvalue weighted by atomic mass is 35.5. The third-order valence-corrected chi connectivity index (χ3v) is 6.98. The van der Waals surface area contributed by atoms with Crippen molar-refractivity contribution in [2.75, 3.05) is 5.32 Å². The summed E-state index contributed by atoms with van der Waals surface area (Å²) in [6.45, 7) is 0. The van der Waals surface area contributed by atoms with E-state index < -0.39 is 11.9 Å². The van der Waals surface area contributed by atoms with Gasteiger partial charge in [-0.1, -0.05) is 11.6 Å². The Hall–Kier alpha value is -2.81. The minimum Gasteiger partial charge on any atom is -0.382 e. The second-order valence-corrected chi connectivity index (χ2v) is 9.62. The van der Waals surface area contributed by atoms with Crippen molar-refractivity contribution in [1.82, 2.24) is 20.1 Å². The van der Waals surface area contributed by atoms with Gasteiger partial charge in [-0.2, -0.15) is 18.3 Å². The van der Waals surface area contributed by atoms with Gasteiger partial charge >= 0.3 is 6.18 Å². The van der Waals surface area contributed by atoms with Crippen LogP contribution in [-0.4, -0.2) is 32.8 Å². The van der Waals surface area contributed by atoms with Gasteiger partial charge in [0.1, 0.15) is 5.69 Å². The Morgan fingerprint density at radius 3 is 2.59 bits per heavy atom. The number of rotatable bonds is 5. The standard InChI is InChI=1S/C24H25ClF3N5O/c25-15-7-8-20-19(9-15)21(11-22(32-20)24(26,27)28)30-16-3-1-4-17(10-16)31-23(34)14-12-29-33(13-14)18-5-2-6-18/h7-9,11-13,16-18H,1-6,10H2,(H,30,32)(H,31,34)/t16-,17+/m0/s1. The molecule has 2 saturated carbocycles. The number of fused-ring (bicyclic) bond motifs is 1. The number of aromatic nitrogens is 3. The molecule has 0 bridgehead atoms. The smallest absolute Gasteiger partial charge is 0.382 e. The zero-order valence-corrected chi connectivity index (χ0v) is 19.2. The molecule has 10 heteroatoms. The molecule has 2 aromatic heterocycles. The van der Waals surface area contributed by atoms with Gasteiger partial charge in [0.05, 0.1) is 23.3 Å². The van der Waals surface area contributed by atoms with E-state index in [2.05, 4.69) is 20.7 Å². The van der Waals surface area contributed by atoms with Crippen LogP contribution in [0.2, 0.25) is 5.02 Å². The number of anilines is 1. The molecule has 3 aromatic rings. The topological polar surface area (TPSA) is 71.8 Å². The van der Waals surface area contributed by atoms with Crippen LogP contribution in [0.5, 0.6) is 0 Å². The summed E-state index contributed by atoms with van der Waals surface area (Å²) in [6.07, 6.45) is 5.25. The average molecular weight is 492 g/mol. The molecule has 6 nitrogen and oxygen atoms in total. The predicted octanol–water partition coefficient (Wildman–Crippen LogP) is 5.98. The number of pyridine rings is 1. The highest BCUT2D eigenvalue weighted by Crippen LogP contribution is 2.35. The first-order valence-electron chi connectivity index (χ1n) is 11.6. The molecule has 2 N–H and O–H groups in total. The molecule has 2 fully saturated rings. The molecule has 0 spiro atoms. The number of carbonyl (C=O) groups is 1. The first-order chi connectivity index (χ1) is 16.3. The SMILES string of the molecule is O=C(N[C@@H]1CCC[C@H](Nc2cc(C(F)(F)F)nc3ccc(Cl)cc23)C1)c1cnn(C2CCC2)c1. The van der Waals surface area contributed by atoms with Gasteiger partial charge in [-0.3, -0.25) is 9.48 Å². The highest BCUT2D eigenvalue weighted by molar-refractivity contribution is 6.31. The summed E-state index contributed by atoms with van der Waals surface area (Å²) < 4.78 is 42.1. The number of benzene rings is 1. The number of hydrogen-bond acceptors (Lipinski definition) is 4. The van der Waals surface area contributed by atoms with Gasteiger partial charge in [-0.05, 0) is 69.2 Å². The molecule has 1 amide bonds. The molecule has 34 heavy (non-hydrogen) atoms. The molecular weight excluding hydrogens is 467 g/mol. The lowest BCUT2D eigenvalue weighted by atomic mass is 9.90. The van der Waals surface area contributed by atoms with E-state index in [0.717, 1.165) is 38.2 Å². The Kier molecular flexibility index (Phi) is 6.14. The van der Waals surface area contributed by atoms with Crippen molar-refractivity contribution in [3.05, 3.63) is 52.9 Å². The van der Waals surface area contributed by atoms with Crippen molar-refractivity contribution < 1.29 is 18.0 Å². The Labute approximate surface area is 199 Å². The van der Waals surface area contributed by atoms with Crippen molar-refractivity contribution in [3.63, 3.8) is 0 Å². The van der Waals surface area contributed by atoms with Crippen molar-refractivity contribution in [2.24, 2.45) is 0 Å². The summed E-state index contributed by atoms with van der Waals surface area (Å²) in [4.78, 5) is 16.5. The lowest BCUT2D eigenvalue weighted by Crippen LogP contribution is -2.41. The van der Waals surface area contributed by atoms with Gasteiger partial charge in [0, 0.05) is 34.4 Å². The van der Waals surface area contributed by atoms with Crippen LogP contribution in [0.15, 0.2) is 36.7 Å². The molecule has 2 aliphatic rings. The van der Waals surface area contributed by atoms with Crippen LogP contribution in [0.3, 0.4) is 0 Å². The third kappa shape index (κ3) is 4.85. The predicted molar refractivity (Wildman–Crippen MR) is 124 cm³/mol. The summed E-state index contributed by atoms with van der Waals surface area (Å²) in [7, 11) is 0. The number of alkyl halides is 3. The number of amides is 1. The van der Waals surface area contributed by atoms with E-state index in [0.29, 0.717) is 34.1 Å². The monoisotopic (exact) mass is 491 g/mol. The number of nitrogens with one attached hydrogen (secondary N) is 2. The second-order valence-electron chi connectivity index (χ2n) is 9.19. The van der Waals surface area contributed by atoms with Crippen LogP contribution < -0.4 is 10.6 Å². The van der Waals surface area contributed by atoms with E-state index in [1.807, 2.05) is 4.68 Å². The third-order valence-electron chi connectivity index (χ3n) is 6.74. The van der Waals surface area contributed by atoms with Gasteiger partial charge in [0.25, 0.3) is 5.91 Å². The maximum Gasteiger partial charge on any atom is 0.433 e. The Morgan fingerprint density at radius 2 is 1.85 bits per heavy atom. The fraction of sp³-hybridized carbons (Fsp3) is 0.458. The molecule has 0 radical (unpaired) electrons. The zero-order chi connectivity index (χ0) is 23.9. The largest absolute Gasteiger partial charge is 0.433 e. The van der Waals surface area contributed by atoms with E-state index in [1.165, 1.54) is 18.6 Å². The van der Waals surface area contributed by atoms with Gasteiger partial charge in [-0.15, -0.1) is 0 Å². The lowest BCUT2D eigenvalue weighted by molar-refractivity contribution is -0.140. The minimum atomic E-state index is -4.56. The fourth-order valence-corrected chi connectivity index (χ4v) is 4.88. The number of halogens is 4. The van der Waals surface area contributed by atoms with Crippen molar-refractivity contribution in [3.8, 4) is 0 Å². The summed E-state index contributed by atoms with van der Waals surface area (Å²) in [5.74, 6) is -0.170. The first kappa shape index (κ1) is 23.0.